The predicted molar refractivity (Wildman–Crippen MR) is 112 cm³/mol. The van der Waals surface area contributed by atoms with E-state index in [-0.39, 0.29) is 18.5 Å². The number of aromatic nitrogens is 3. The Morgan fingerprint density at radius 2 is 1.89 bits per heavy atom. The highest BCUT2D eigenvalue weighted by molar-refractivity contribution is 7.22. The van der Waals surface area contributed by atoms with Crippen molar-refractivity contribution in [3.8, 4) is 11.3 Å². The maximum atomic E-state index is 12.8. The molecule has 0 spiro atoms. The molecule has 146 valence electrons. The second-order valence-corrected chi connectivity index (χ2v) is 8.22. The van der Waals surface area contributed by atoms with Gasteiger partial charge in [-0.1, -0.05) is 41.7 Å². The number of fused-ring (bicyclic) bond motifs is 1. The van der Waals surface area contributed by atoms with E-state index in [1.165, 1.54) is 15.9 Å². The topological polar surface area (TPSA) is 80.1 Å². The first-order valence-corrected chi connectivity index (χ1v) is 10.4. The summed E-state index contributed by atoms with van der Waals surface area (Å²) in [6.07, 6.45) is 2.28. The normalized spacial score (nSPS) is 14.2. The molecule has 2 aromatic heterocycles. The first-order valence-electron chi connectivity index (χ1n) is 9.54. The van der Waals surface area contributed by atoms with Gasteiger partial charge in [-0.2, -0.15) is 4.98 Å². The summed E-state index contributed by atoms with van der Waals surface area (Å²) in [6, 6.07) is 9.61. The van der Waals surface area contributed by atoms with E-state index in [0.29, 0.717) is 16.0 Å². The molecule has 1 N–H and O–H groups in total. The Labute approximate surface area is 167 Å². The molecule has 7 nitrogen and oxygen atoms in total. The molecule has 1 amide bonds. The van der Waals surface area contributed by atoms with Crippen LogP contribution in [0.3, 0.4) is 0 Å². The molecule has 0 bridgehead atoms. The molecule has 0 atom stereocenters. The lowest BCUT2D eigenvalue weighted by Gasteiger charge is -2.12. The van der Waals surface area contributed by atoms with E-state index in [1.807, 2.05) is 44.2 Å². The van der Waals surface area contributed by atoms with Crippen molar-refractivity contribution in [2.45, 2.75) is 39.3 Å². The van der Waals surface area contributed by atoms with Gasteiger partial charge in [-0.05, 0) is 26.7 Å². The monoisotopic (exact) mass is 397 g/mol. The van der Waals surface area contributed by atoms with Crippen molar-refractivity contribution < 1.29 is 4.79 Å². The second kappa shape index (κ2) is 7.71. The number of hydrogen-bond donors (Lipinski definition) is 1. The summed E-state index contributed by atoms with van der Waals surface area (Å²) >= 11 is 1.46. The Kier molecular flexibility index (Phi) is 5.13. The Bertz CT molecular complexity index is 1050. The molecule has 0 radical (unpaired) electrons. The van der Waals surface area contributed by atoms with Crippen molar-refractivity contribution in [2.75, 3.05) is 18.0 Å². The van der Waals surface area contributed by atoms with Gasteiger partial charge in [0.25, 0.3) is 0 Å². The van der Waals surface area contributed by atoms with E-state index in [1.54, 1.807) is 0 Å². The van der Waals surface area contributed by atoms with Crippen LogP contribution >= 0.6 is 11.3 Å². The zero-order chi connectivity index (χ0) is 19.7. The van der Waals surface area contributed by atoms with Crippen molar-refractivity contribution in [2.24, 2.45) is 0 Å². The van der Waals surface area contributed by atoms with Crippen molar-refractivity contribution in [3.05, 3.63) is 40.8 Å². The predicted octanol–water partition coefficient (Wildman–Crippen LogP) is 2.64. The average Bonchev–Trinajstić information content (AvgIpc) is 3.33. The van der Waals surface area contributed by atoms with Crippen LogP contribution in [0.5, 0.6) is 0 Å². The largest absolute Gasteiger partial charge is 0.352 e. The van der Waals surface area contributed by atoms with Crippen LogP contribution in [0, 0.1) is 0 Å². The summed E-state index contributed by atoms with van der Waals surface area (Å²) in [5.41, 5.74) is 1.67. The van der Waals surface area contributed by atoms with Gasteiger partial charge in [0.1, 0.15) is 22.6 Å². The average molecular weight is 398 g/mol. The van der Waals surface area contributed by atoms with Crippen LogP contribution in [0.25, 0.3) is 21.6 Å². The Morgan fingerprint density at radius 1 is 1.18 bits per heavy atom. The molecule has 0 unspecified atom stereocenters. The molecule has 4 rings (SSSR count). The Morgan fingerprint density at radius 3 is 2.57 bits per heavy atom. The number of amides is 1. The first-order chi connectivity index (χ1) is 13.5. The molecular weight excluding hydrogens is 374 g/mol. The van der Waals surface area contributed by atoms with Gasteiger partial charge in [0.2, 0.25) is 5.91 Å². The number of rotatable bonds is 5. The van der Waals surface area contributed by atoms with E-state index < -0.39 is 5.69 Å². The van der Waals surface area contributed by atoms with E-state index in [2.05, 4.69) is 15.2 Å². The number of carbonyl (C=O) groups excluding carboxylic acids is 1. The SMILES string of the molecule is CC(C)NC(=O)Cn1c(=O)nc(-c2ccccc2)c2nc(N3CCCC3)sc21. The van der Waals surface area contributed by atoms with Crippen LogP contribution in [0.1, 0.15) is 26.7 Å². The number of thiazole rings is 1. The highest BCUT2D eigenvalue weighted by Gasteiger charge is 2.22. The molecule has 1 fully saturated rings. The molecule has 1 aliphatic rings. The summed E-state index contributed by atoms with van der Waals surface area (Å²) in [6.45, 7) is 5.66. The van der Waals surface area contributed by atoms with Crippen LogP contribution in [0.4, 0.5) is 5.13 Å². The van der Waals surface area contributed by atoms with Gasteiger partial charge < -0.3 is 10.2 Å². The first kappa shape index (κ1) is 18.6. The maximum Gasteiger partial charge on any atom is 0.349 e. The molecule has 0 aliphatic carbocycles. The third kappa shape index (κ3) is 3.64. The van der Waals surface area contributed by atoms with Gasteiger partial charge in [0.15, 0.2) is 5.13 Å². The van der Waals surface area contributed by atoms with Crippen molar-refractivity contribution in [1.82, 2.24) is 19.9 Å². The van der Waals surface area contributed by atoms with Crippen LogP contribution in [0.15, 0.2) is 35.1 Å². The van der Waals surface area contributed by atoms with Gasteiger partial charge in [-0.15, -0.1) is 0 Å². The third-order valence-electron chi connectivity index (χ3n) is 4.68. The van der Waals surface area contributed by atoms with E-state index >= 15 is 0 Å². The van der Waals surface area contributed by atoms with Gasteiger partial charge in [0.05, 0.1) is 0 Å². The molecule has 3 aromatic rings. The second-order valence-electron chi connectivity index (χ2n) is 7.26. The van der Waals surface area contributed by atoms with Gasteiger partial charge in [-0.25, -0.2) is 9.78 Å². The number of carbonyl (C=O) groups is 1. The lowest BCUT2D eigenvalue weighted by Crippen LogP contribution is -2.36. The summed E-state index contributed by atoms with van der Waals surface area (Å²) in [5.74, 6) is -0.205. The molecule has 8 heteroatoms. The van der Waals surface area contributed by atoms with Crippen molar-refractivity contribution >= 4 is 32.7 Å². The zero-order valence-corrected chi connectivity index (χ0v) is 16.8. The standard InChI is InChI=1S/C20H23N5O2S/c1-13(2)21-15(26)12-25-18-17(23-20(28-18)24-10-6-7-11-24)16(22-19(25)27)14-8-4-3-5-9-14/h3-5,8-9,13H,6-7,10-12H2,1-2H3,(H,21,26). The minimum absolute atomic E-state index is 0.0110. The fourth-order valence-electron chi connectivity index (χ4n) is 3.43. The minimum atomic E-state index is -0.429. The van der Waals surface area contributed by atoms with Crippen LogP contribution < -0.4 is 15.9 Å². The molecule has 1 aromatic carbocycles. The molecule has 28 heavy (non-hydrogen) atoms. The Balaban J connectivity index is 1.86. The van der Waals surface area contributed by atoms with Crippen LogP contribution in [-0.4, -0.2) is 39.6 Å². The maximum absolute atomic E-state index is 12.8. The number of hydrogen-bond acceptors (Lipinski definition) is 6. The summed E-state index contributed by atoms with van der Waals surface area (Å²) in [7, 11) is 0. The minimum Gasteiger partial charge on any atom is -0.352 e. The summed E-state index contributed by atoms with van der Waals surface area (Å²) in [5, 5.41) is 3.72. The number of nitrogens with zero attached hydrogens (tertiary/aromatic N) is 4. The van der Waals surface area contributed by atoms with E-state index in [4.69, 9.17) is 4.98 Å². The zero-order valence-electron chi connectivity index (χ0n) is 16.0. The molecule has 1 aliphatic heterocycles. The summed E-state index contributed by atoms with van der Waals surface area (Å²) in [4.78, 5) is 37.2. The van der Waals surface area contributed by atoms with Crippen LogP contribution in [0.2, 0.25) is 0 Å². The quantitative estimate of drug-likeness (QED) is 0.716. The molecular formula is C20H23N5O2S. The Hall–Kier alpha value is -2.74. The van der Waals surface area contributed by atoms with Gasteiger partial charge >= 0.3 is 5.69 Å². The lowest BCUT2D eigenvalue weighted by molar-refractivity contribution is -0.122. The van der Waals surface area contributed by atoms with Gasteiger partial charge in [0, 0.05) is 24.7 Å². The van der Waals surface area contributed by atoms with Gasteiger partial charge in [-0.3, -0.25) is 9.36 Å². The van der Waals surface area contributed by atoms with E-state index in [9.17, 15) is 9.59 Å². The number of anilines is 1. The lowest BCUT2D eigenvalue weighted by atomic mass is 10.1. The molecule has 0 saturated carbocycles. The van der Waals surface area contributed by atoms with Crippen molar-refractivity contribution in [1.29, 1.82) is 0 Å². The number of nitrogens with one attached hydrogen (secondary N) is 1. The molecule has 3 heterocycles. The highest BCUT2D eigenvalue weighted by atomic mass is 32.1. The smallest absolute Gasteiger partial charge is 0.349 e. The molecule has 1 saturated heterocycles. The fraction of sp³-hybridized carbons (Fsp3) is 0.400. The van der Waals surface area contributed by atoms with Crippen molar-refractivity contribution in [3.63, 3.8) is 0 Å². The fourth-order valence-corrected chi connectivity index (χ4v) is 4.54. The third-order valence-corrected chi connectivity index (χ3v) is 5.82. The number of benzene rings is 1. The van der Waals surface area contributed by atoms with Crippen LogP contribution in [-0.2, 0) is 11.3 Å². The highest BCUT2D eigenvalue weighted by Crippen LogP contribution is 2.34. The summed E-state index contributed by atoms with van der Waals surface area (Å²) < 4.78 is 1.44. The van der Waals surface area contributed by atoms with E-state index in [0.717, 1.165) is 36.6 Å².